The van der Waals surface area contributed by atoms with Gasteiger partial charge in [-0.2, -0.15) is 0 Å². The Morgan fingerprint density at radius 2 is 1.77 bits per heavy atom. The lowest BCUT2D eigenvalue weighted by atomic mass is 9.66. The van der Waals surface area contributed by atoms with Crippen molar-refractivity contribution >= 4 is 5.71 Å². The first-order chi connectivity index (χ1) is 15.0. The molecule has 31 heavy (non-hydrogen) atoms. The fourth-order valence-corrected chi connectivity index (χ4v) is 5.49. The van der Waals surface area contributed by atoms with Crippen LogP contribution in [0.2, 0.25) is 0 Å². The number of hydrogen-bond acceptors (Lipinski definition) is 4. The predicted molar refractivity (Wildman–Crippen MR) is 128 cm³/mol. The second-order valence-corrected chi connectivity index (χ2v) is 9.99. The lowest BCUT2D eigenvalue weighted by Crippen LogP contribution is -2.47. The largest absolute Gasteiger partial charge is 0.508 e. The van der Waals surface area contributed by atoms with E-state index in [9.17, 15) is 5.11 Å². The molecule has 1 N–H and O–H groups in total. The van der Waals surface area contributed by atoms with Crippen molar-refractivity contribution in [2.24, 2.45) is 11.1 Å². The molecule has 2 aliphatic rings. The van der Waals surface area contributed by atoms with Gasteiger partial charge in [0, 0.05) is 17.4 Å². The minimum atomic E-state index is -0.238. The molecule has 0 radical (unpaired) electrons. The predicted octanol–water partition coefficient (Wildman–Crippen LogP) is 7.52. The van der Waals surface area contributed by atoms with Crippen LogP contribution in [-0.4, -0.2) is 23.0 Å². The van der Waals surface area contributed by atoms with Gasteiger partial charge in [-0.25, -0.2) is 0 Å². The number of ether oxygens (including phenoxy) is 1. The first-order valence-corrected chi connectivity index (χ1v) is 12.7. The van der Waals surface area contributed by atoms with Gasteiger partial charge < -0.3 is 14.7 Å². The van der Waals surface area contributed by atoms with E-state index in [0.29, 0.717) is 18.3 Å². The number of aromatic hydroxyl groups is 1. The molecule has 3 rings (SSSR count). The van der Waals surface area contributed by atoms with Crippen LogP contribution in [0.4, 0.5) is 0 Å². The molecule has 0 saturated heterocycles. The Morgan fingerprint density at radius 1 is 1.06 bits per heavy atom. The highest BCUT2D eigenvalue weighted by Crippen LogP contribution is 2.54. The fourth-order valence-electron chi connectivity index (χ4n) is 5.49. The zero-order valence-corrected chi connectivity index (χ0v) is 20.2. The normalized spacial score (nSPS) is 23.2. The minimum absolute atomic E-state index is 0.238. The van der Waals surface area contributed by atoms with Crippen LogP contribution in [0.5, 0.6) is 11.5 Å². The van der Waals surface area contributed by atoms with E-state index in [-0.39, 0.29) is 11.5 Å². The third-order valence-corrected chi connectivity index (χ3v) is 7.14. The van der Waals surface area contributed by atoms with Crippen molar-refractivity contribution in [3.05, 3.63) is 23.3 Å². The van der Waals surface area contributed by atoms with E-state index < -0.39 is 0 Å². The number of phenolic OH excluding ortho intramolecular Hbond substituents is 1. The van der Waals surface area contributed by atoms with Crippen LogP contribution in [0.15, 0.2) is 17.3 Å². The van der Waals surface area contributed by atoms with Gasteiger partial charge in [0.15, 0.2) is 0 Å². The summed E-state index contributed by atoms with van der Waals surface area (Å²) >= 11 is 0. The maximum Gasteiger partial charge on any atom is 0.127 e. The number of rotatable bonds is 11. The van der Waals surface area contributed by atoms with Gasteiger partial charge in [0.2, 0.25) is 0 Å². The maximum absolute atomic E-state index is 11.0. The molecule has 1 aromatic rings. The smallest absolute Gasteiger partial charge is 0.127 e. The molecular weight excluding hydrogens is 386 g/mol. The first kappa shape index (κ1) is 23.9. The Morgan fingerprint density at radius 3 is 2.48 bits per heavy atom. The Kier molecular flexibility index (Phi) is 8.68. The molecule has 2 atom stereocenters. The summed E-state index contributed by atoms with van der Waals surface area (Å²) in [5.74, 6) is 1.89. The highest BCUT2D eigenvalue weighted by atomic mass is 16.6. The lowest BCUT2D eigenvalue weighted by Gasteiger charge is -2.47. The third-order valence-electron chi connectivity index (χ3n) is 7.14. The van der Waals surface area contributed by atoms with Crippen LogP contribution in [0.3, 0.4) is 0 Å². The van der Waals surface area contributed by atoms with Gasteiger partial charge in [-0.3, -0.25) is 0 Å². The van der Waals surface area contributed by atoms with Crippen LogP contribution >= 0.6 is 0 Å². The second-order valence-electron chi connectivity index (χ2n) is 9.99. The van der Waals surface area contributed by atoms with Gasteiger partial charge in [-0.1, -0.05) is 57.0 Å². The van der Waals surface area contributed by atoms with Crippen molar-refractivity contribution in [1.29, 1.82) is 0 Å². The van der Waals surface area contributed by atoms with E-state index in [1.54, 1.807) is 0 Å². The summed E-state index contributed by atoms with van der Waals surface area (Å²) in [5.41, 5.74) is 3.04. The monoisotopic (exact) mass is 429 g/mol. The van der Waals surface area contributed by atoms with Gasteiger partial charge in [0.1, 0.15) is 23.7 Å². The molecule has 0 spiro atoms. The van der Waals surface area contributed by atoms with Crippen molar-refractivity contribution in [3.8, 4) is 11.5 Å². The number of hydrogen-bond donors (Lipinski definition) is 1. The standard InChI is InChI=1S/C27H43NO3/c1-5-7-8-9-10-11-12-13-14-20-17-24(29)26-22-19-21(28-30-6-2)15-16-23(22)27(3,4)31-25(26)18-20/h17-18,22-23,29H,5-16,19H2,1-4H3. The maximum atomic E-state index is 11.0. The Labute approximate surface area is 189 Å². The number of unbranched alkanes of at least 4 members (excludes halogenated alkanes) is 7. The molecule has 4 heteroatoms. The summed E-state index contributed by atoms with van der Waals surface area (Å²) < 4.78 is 6.48. The number of phenols is 1. The van der Waals surface area contributed by atoms with E-state index in [1.165, 1.54) is 56.9 Å². The summed E-state index contributed by atoms with van der Waals surface area (Å²) in [5, 5.41) is 15.3. The van der Waals surface area contributed by atoms with Crippen molar-refractivity contribution in [1.82, 2.24) is 0 Å². The second kappa shape index (κ2) is 11.2. The molecule has 1 heterocycles. The highest BCUT2D eigenvalue weighted by molar-refractivity contribution is 5.86. The molecule has 174 valence electrons. The number of benzene rings is 1. The molecule has 1 aliphatic carbocycles. The number of aryl methyl sites for hydroxylation is 1. The quantitative estimate of drug-likeness (QED) is 0.292. The SMILES string of the molecule is CCCCCCCCCCc1cc(O)c2c(c1)OC(C)(C)C1CCC(=NOCC)CC21. The zero-order valence-electron chi connectivity index (χ0n) is 20.2. The fraction of sp³-hybridized carbons (Fsp3) is 0.741. The summed E-state index contributed by atoms with van der Waals surface area (Å²) in [6.45, 7) is 9.21. The van der Waals surface area contributed by atoms with Crippen molar-refractivity contribution < 1.29 is 14.7 Å². The van der Waals surface area contributed by atoms with Crippen molar-refractivity contribution in [2.45, 2.75) is 116 Å². The van der Waals surface area contributed by atoms with Gasteiger partial charge >= 0.3 is 0 Å². The minimum Gasteiger partial charge on any atom is -0.508 e. The summed E-state index contributed by atoms with van der Waals surface area (Å²) in [4.78, 5) is 5.33. The first-order valence-electron chi connectivity index (χ1n) is 12.7. The molecule has 0 amide bonds. The summed E-state index contributed by atoms with van der Waals surface area (Å²) in [6.07, 6.45) is 14.3. The molecule has 1 aliphatic heterocycles. The number of oxime groups is 1. The van der Waals surface area contributed by atoms with Crippen LogP contribution in [-0.2, 0) is 11.3 Å². The molecular formula is C27H43NO3. The molecule has 0 bridgehead atoms. The van der Waals surface area contributed by atoms with E-state index in [4.69, 9.17) is 9.57 Å². The van der Waals surface area contributed by atoms with Crippen LogP contribution < -0.4 is 4.74 Å². The van der Waals surface area contributed by atoms with Crippen molar-refractivity contribution in [2.75, 3.05) is 6.61 Å². The zero-order chi connectivity index (χ0) is 22.3. The average Bonchev–Trinajstić information content (AvgIpc) is 2.73. The Bertz CT molecular complexity index is 740. The molecule has 1 saturated carbocycles. The molecule has 2 unspecified atom stereocenters. The molecule has 1 fully saturated rings. The summed E-state index contributed by atoms with van der Waals surface area (Å²) in [7, 11) is 0. The van der Waals surface area contributed by atoms with E-state index >= 15 is 0 Å². The average molecular weight is 430 g/mol. The van der Waals surface area contributed by atoms with Crippen LogP contribution in [0, 0.1) is 5.92 Å². The topological polar surface area (TPSA) is 51.0 Å². The van der Waals surface area contributed by atoms with E-state index in [1.807, 2.05) is 13.0 Å². The van der Waals surface area contributed by atoms with E-state index in [2.05, 4.69) is 32.0 Å². The van der Waals surface area contributed by atoms with Gasteiger partial charge in [0.25, 0.3) is 0 Å². The number of fused-ring (bicyclic) bond motifs is 3. The van der Waals surface area contributed by atoms with Crippen molar-refractivity contribution in [3.63, 3.8) is 0 Å². The third kappa shape index (κ3) is 6.17. The lowest BCUT2D eigenvalue weighted by molar-refractivity contribution is 0.00265. The number of nitrogens with zero attached hydrogens (tertiary/aromatic N) is 1. The van der Waals surface area contributed by atoms with E-state index in [0.717, 1.165) is 42.7 Å². The van der Waals surface area contributed by atoms with Crippen LogP contribution in [0.25, 0.3) is 0 Å². The van der Waals surface area contributed by atoms with Gasteiger partial charge in [-0.05, 0) is 70.6 Å². The Hall–Kier alpha value is -1.71. The summed E-state index contributed by atoms with van der Waals surface area (Å²) in [6, 6.07) is 4.16. The highest BCUT2D eigenvalue weighted by Gasteiger charge is 2.47. The Balaban J connectivity index is 1.65. The molecule has 4 nitrogen and oxygen atoms in total. The van der Waals surface area contributed by atoms with Gasteiger partial charge in [0.05, 0.1) is 5.71 Å². The van der Waals surface area contributed by atoms with Crippen LogP contribution in [0.1, 0.15) is 115 Å². The van der Waals surface area contributed by atoms with Gasteiger partial charge in [-0.15, -0.1) is 0 Å². The molecule has 1 aromatic carbocycles. The molecule has 0 aromatic heterocycles.